The third-order valence-corrected chi connectivity index (χ3v) is 4.00. The van der Waals surface area contributed by atoms with Crippen LogP contribution in [0.5, 0.6) is 5.88 Å². The molecule has 0 spiro atoms. The number of alkyl carbamates (subject to hydrolysis) is 1. The maximum absolute atomic E-state index is 11.7. The SMILES string of the molecule is COc1ccc2cc(C=CCCNC(=O)OCc3ccccc3)ccc2n1. The highest BCUT2D eigenvalue weighted by Gasteiger charge is 2.01. The predicted molar refractivity (Wildman–Crippen MR) is 107 cm³/mol. The fourth-order valence-corrected chi connectivity index (χ4v) is 2.59. The lowest BCUT2D eigenvalue weighted by Crippen LogP contribution is -2.24. The molecule has 1 amide bonds. The normalized spacial score (nSPS) is 10.9. The van der Waals surface area contributed by atoms with Crippen LogP contribution in [0.15, 0.2) is 66.7 Å². The summed E-state index contributed by atoms with van der Waals surface area (Å²) in [4.78, 5) is 16.1. The molecule has 0 aliphatic carbocycles. The summed E-state index contributed by atoms with van der Waals surface area (Å²) < 4.78 is 10.3. The lowest BCUT2D eigenvalue weighted by Gasteiger charge is -2.06. The van der Waals surface area contributed by atoms with Gasteiger partial charge in [-0.15, -0.1) is 0 Å². The Labute approximate surface area is 158 Å². The molecule has 1 heterocycles. The molecule has 0 saturated heterocycles. The first-order valence-electron chi connectivity index (χ1n) is 8.80. The highest BCUT2D eigenvalue weighted by atomic mass is 16.5. The van der Waals surface area contributed by atoms with Crippen LogP contribution in [-0.2, 0) is 11.3 Å². The number of pyridine rings is 1. The number of nitrogens with zero attached hydrogens (tertiary/aromatic N) is 1. The maximum Gasteiger partial charge on any atom is 0.407 e. The van der Waals surface area contributed by atoms with Gasteiger partial charge in [0.05, 0.1) is 12.6 Å². The van der Waals surface area contributed by atoms with Crippen molar-refractivity contribution in [2.24, 2.45) is 0 Å². The Morgan fingerprint density at radius 3 is 2.78 bits per heavy atom. The largest absolute Gasteiger partial charge is 0.481 e. The van der Waals surface area contributed by atoms with Gasteiger partial charge in [-0.2, -0.15) is 0 Å². The number of carbonyl (C=O) groups excluding carboxylic acids is 1. The molecule has 1 aromatic heterocycles. The van der Waals surface area contributed by atoms with Crippen LogP contribution in [-0.4, -0.2) is 24.7 Å². The molecule has 2 aromatic carbocycles. The Kier molecular flexibility index (Phi) is 6.41. The van der Waals surface area contributed by atoms with E-state index >= 15 is 0 Å². The first-order valence-corrected chi connectivity index (χ1v) is 8.80. The van der Waals surface area contributed by atoms with Crippen LogP contribution in [0.2, 0.25) is 0 Å². The Morgan fingerprint density at radius 1 is 1.11 bits per heavy atom. The summed E-state index contributed by atoms with van der Waals surface area (Å²) in [5, 5.41) is 3.80. The van der Waals surface area contributed by atoms with Crippen molar-refractivity contribution in [3.63, 3.8) is 0 Å². The molecule has 0 aliphatic heterocycles. The van der Waals surface area contributed by atoms with E-state index in [9.17, 15) is 4.79 Å². The van der Waals surface area contributed by atoms with Crippen LogP contribution >= 0.6 is 0 Å². The van der Waals surface area contributed by atoms with Gasteiger partial charge >= 0.3 is 6.09 Å². The van der Waals surface area contributed by atoms with E-state index in [1.165, 1.54) is 0 Å². The van der Waals surface area contributed by atoms with Crippen molar-refractivity contribution >= 4 is 23.1 Å². The second-order valence-electron chi connectivity index (χ2n) is 5.99. The third-order valence-electron chi connectivity index (χ3n) is 4.00. The first kappa shape index (κ1) is 18.5. The first-order chi connectivity index (χ1) is 13.2. The van der Waals surface area contributed by atoms with Crippen molar-refractivity contribution in [1.82, 2.24) is 10.3 Å². The monoisotopic (exact) mass is 362 g/mol. The van der Waals surface area contributed by atoms with Crippen molar-refractivity contribution < 1.29 is 14.3 Å². The number of hydrogen-bond donors (Lipinski definition) is 1. The van der Waals surface area contributed by atoms with Gasteiger partial charge in [-0.1, -0.05) is 48.6 Å². The van der Waals surface area contributed by atoms with E-state index in [1.54, 1.807) is 7.11 Å². The minimum absolute atomic E-state index is 0.276. The number of methoxy groups -OCH3 is 1. The van der Waals surface area contributed by atoms with Crippen LogP contribution < -0.4 is 10.1 Å². The number of aromatic nitrogens is 1. The fourth-order valence-electron chi connectivity index (χ4n) is 2.59. The molecule has 0 bridgehead atoms. The molecule has 0 radical (unpaired) electrons. The fraction of sp³-hybridized carbons (Fsp3) is 0.182. The van der Waals surface area contributed by atoms with Gasteiger partial charge in [-0.25, -0.2) is 9.78 Å². The summed E-state index contributed by atoms with van der Waals surface area (Å²) in [6.45, 7) is 0.800. The van der Waals surface area contributed by atoms with E-state index in [0.717, 1.165) is 28.5 Å². The van der Waals surface area contributed by atoms with Gasteiger partial charge in [-0.05, 0) is 35.7 Å². The number of carbonyl (C=O) groups is 1. The van der Waals surface area contributed by atoms with Crippen molar-refractivity contribution in [2.45, 2.75) is 13.0 Å². The Balaban J connectivity index is 1.42. The smallest absolute Gasteiger partial charge is 0.407 e. The molecular formula is C22H22N2O3. The number of hydrogen-bond acceptors (Lipinski definition) is 4. The summed E-state index contributed by atoms with van der Waals surface area (Å²) in [5.74, 6) is 0.607. The summed E-state index contributed by atoms with van der Waals surface area (Å²) in [5.41, 5.74) is 2.95. The molecule has 138 valence electrons. The second-order valence-corrected chi connectivity index (χ2v) is 5.99. The quantitative estimate of drug-likeness (QED) is 0.625. The molecule has 0 aliphatic rings. The van der Waals surface area contributed by atoms with Crippen LogP contribution in [0.3, 0.4) is 0 Å². The van der Waals surface area contributed by atoms with Gasteiger partial charge in [0.2, 0.25) is 5.88 Å². The molecule has 5 nitrogen and oxygen atoms in total. The molecule has 0 saturated carbocycles. The molecule has 3 rings (SSSR count). The number of rotatable bonds is 7. The van der Waals surface area contributed by atoms with Crippen molar-refractivity contribution in [2.75, 3.05) is 13.7 Å². The van der Waals surface area contributed by atoms with Gasteiger partial charge in [0.25, 0.3) is 0 Å². The minimum Gasteiger partial charge on any atom is -0.481 e. The molecule has 0 atom stereocenters. The van der Waals surface area contributed by atoms with Crippen LogP contribution in [0, 0.1) is 0 Å². The number of fused-ring (bicyclic) bond motifs is 1. The van der Waals surface area contributed by atoms with Gasteiger partial charge in [0.15, 0.2) is 0 Å². The van der Waals surface area contributed by atoms with Crippen molar-refractivity contribution in [3.05, 3.63) is 77.9 Å². The predicted octanol–water partition coefficient (Wildman–Crippen LogP) is 4.57. The highest BCUT2D eigenvalue weighted by molar-refractivity contribution is 5.81. The zero-order valence-electron chi connectivity index (χ0n) is 15.2. The molecule has 27 heavy (non-hydrogen) atoms. The average molecular weight is 362 g/mol. The topological polar surface area (TPSA) is 60.5 Å². The average Bonchev–Trinajstić information content (AvgIpc) is 2.72. The van der Waals surface area contributed by atoms with Crippen molar-refractivity contribution in [3.8, 4) is 5.88 Å². The van der Waals surface area contributed by atoms with E-state index in [4.69, 9.17) is 9.47 Å². The van der Waals surface area contributed by atoms with Gasteiger partial charge in [0, 0.05) is 18.0 Å². The maximum atomic E-state index is 11.7. The van der Waals surface area contributed by atoms with Gasteiger partial charge in [-0.3, -0.25) is 0 Å². The van der Waals surface area contributed by atoms with E-state index in [1.807, 2.05) is 66.7 Å². The lowest BCUT2D eigenvalue weighted by molar-refractivity contribution is 0.140. The zero-order chi connectivity index (χ0) is 18.9. The minimum atomic E-state index is -0.405. The number of amides is 1. The van der Waals surface area contributed by atoms with E-state index in [0.29, 0.717) is 12.4 Å². The lowest BCUT2D eigenvalue weighted by atomic mass is 10.1. The third kappa shape index (κ3) is 5.57. The molecule has 1 N–H and O–H groups in total. The van der Waals surface area contributed by atoms with Crippen LogP contribution in [0.1, 0.15) is 17.5 Å². The van der Waals surface area contributed by atoms with E-state index in [-0.39, 0.29) is 6.61 Å². The Bertz CT molecular complexity index is 923. The van der Waals surface area contributed by atoms with E-state index in [2.05, 4.69) is 16.4 Å². The van der Waals surface area contributed by atoms with Crippen LogP contribution in [0.25, 0.3) is 17.0 Å². The number of nitrogens with one attached hydrogen (secondary N) is 1. The molecule has 0 unspecified atom stereocenters. The molecule has 0 fully saturated rings. The number of benzene rings is 2. The summed E-state index contributed by atoms with van der Waals surface area (Å²) >= 11 is 0. The second kappa shape index (κ2) is 9.38. The van der Waals surface area contributed by atoms with Gasteiger partial charge in [0.1, 0.15) is 6.61 Å². The molecular weight excluding hydrogens is 340 g/mol. The summed E-state index contributed by atoms with van der Waals surface area (Å²) in [6, 6.07) is 19.5. The van der Waals surface area contributed by atoms with Gasteiger partial charge < -0.3 is 14.8 Å². The van der Waals surface area contributed by atoms with E-state index < -0.39 is 6.09 Å². The van der Waals surface area contributed by atoms with Crippen LogP contribution in [0.4, 0.5) is 4.79 Å². The summed E-state index contributed by atoms with van der Waals surface area (Å²) in [6.07, 6.45) is 4.37. The Hall–Kier alpha value is -3.34. The standard InChI is InChI=1S/C22H22N2O3/c1-26-21-13-11-19-15-17(10-12-20(19)24-21)7-5-6-14-23-22(25)27-16-18-8-3-2-4-9-18/h2-5,7-13,15H,6,14,16H2,1H3,(H,23,25). The van der Waals surface area contributed by atoms with Crippen molar-refractivity contribution in [1.29, 1.82) is 0 Å². The Morgan fingerprint density at radius 2 is 1.96 bits per heavy atom. The highest BCUT2D eigenvalue weighted by Crippen LogP contribution is 2.18. The number of ether oxygens (including phenoxy) is 2. The summed E-state index contributed by atoms with van der Waals surface area (Å²) in [7, 11) is 1.61. The molecule has 5 heteroatoms. The molecule has 3 aromatic rings. The zero-order valence-corrected chi connectivity index (χ0v) is 15.2.